The molecule has 1 unspecified atom stereocenters. The average Bonchev–Trinajstić information content (AvgIpc) is 3.48. The van der Waals surface area contributed by atoms with E-state index in [1.54, 1.807) is 11.8 Å². The van der Waals surface area contributed by atoms with Gasteiger partial charge in [0.25, 0.3) is 0 Å². The summed E-state index contributed by atoms with van der Waals surface area (Å²) in [7, 11) is 0. The Bertz CT molecular complexity index is 1220. The molecule has 1 fully saturated rings. The number of benzene rings is 1. The molecule has 0 saturated carbocycles. The summed E-state index contributed by atoms with van der Waals surface area (Å²) < 4.78 is 11.9. The molecule has 8 nitrogen and oxygen atoms in total. The predicted octanol–water partition coefficient (Wildman–Crippen LogP) is 5.91. The molecule has 1 atom stereocenters. The number of hydrogen-bond donors (Lipinski definition) is 2. The van der Waals surface area contributed by atoms with Crippen molar-refractivity contribution in [3.05, 3.63) is 65.4 Å². The molecule has 34 heavy (non-hydrogen) atoms. The first-order valence-electron chi connectivity index (χ1n) is 11.2. The Kier molecular flexibility index (Phi) is 7.08. The molecule has 1 aliphatic rings. The van der Waals surface area contributed by atoms with Gasteiger partial charge in [-0.2, -0.15) is 4.98 Å². The zero-order chi connectivity index (χ0) is 23.3. The molecule has 0 aliphatic carbocycles. The molecular weight excluding hydrogens is 468 g/mol. The molecule has 10 heteroatoms. The molecular formula is C24H26N6O2S2. The van der Waals surface area contributed by atoms with Gasteiger partial charge in [-0.05, 0) is 63.9 Å². The van der Waals surface area contributed by atoms with Crippen LogP contribution >= 0.6 is 23.1 Å². The van der Waals surface area contributed by atoms with E-state index in [9.17, 15) is 0 Å². The lowest BCUT2D eigenvalue weighted by atomic mass is 9.94. The fraction of sp³-hybridized carbons (Fsp3) is 0.333. The molecule has 5 rings (SSSR count). The van der Waals surface area contributed by atoms with E-state index in [0.29, 0.717) is 29.2 Å². The Morgan fingerprint density at radius 1 is 1.18 bits per heavy atom. The Labute approximate surface area is 206 Å². The largest absolute Gasteiger partial charge is 0.453 e. The number of pyridine rings is 1. The Morgan fingerprint density at radius 3 is 2.71 bits per heavy atom. The van der Waals surface area contributed by atoms with Crippen LogP contribution in [-0.2, 0) is 0 Å². The number of thiazole rings is 1. The molecule has 4 heterocycles. The van der Waals surface area contributed by atoms with Crippen molar-refractivity contribution in [2.75, 3.05) is 18.4 Å². The highest BCUT2D eigenvalue weighted by Gasteiger charge is 2.31. The summed E-state index contributed by atoms with van der Waals surface area (Å²) >= 11 is 3.23. The maximum absolute atomic E-state index is 6.24. The fourth-order valence-corrected chi connectivity index (χ4v) is 5.79. The lowest BCUT2D eigenvalue weighted by Crippen LogP contribution is -2.30. The maximum atomic E-state index is 6.24. The van der Waals surface area contributed by atoms with Gasteiger partial charge in [-0.3, -0.25) is 0 Å². The number of hydrogen-bond acceptors (Lipinski definition) is 10. The van der Waals surface area contributed by atoms with Gasteiger partial charge in [0, 0.05) is 16.5 Å². The van der Waals surface area contributed by atoms with E-state index >= 15 is 0 Å². The van der Waals surface area contributed by atoms with Crippen molar-refractivity contribution < 1.29 is 9.26 Å². The zero-order valence-corrected chi connectivity index (χ0v) is 20.7. The Hall–Kier alpha value is -2.95. The number of anilines is 2. The summed E-state index contributed by atoms with van der Waals surface area (Å²) in [6, 6.07) is 11.7. The van der Waals surface area contributed by atoms with Crippen molar-refractivity contribution in [3.63, 3.8) is 0 Å². The third kappa shape index (κ3) is 5.57. The quantitative estimate of drug-likeness (QED) is 0.290. The first kappa shape index (κ1) is 22.8. The van der Waals surface area contributed by atoms with Crippen LogP contribution in [0.3, 0.4) is 0 Å². The van der Waals surface area contributed by atoms with Crippen LogP contribution in [0.5, 0.6) is 11.5 Å². The van der Waals surface area contributed by atoms with Crippen molar-refractivity contribution in [2.45, 2.75) is 36.8 Å². The van der Waals surface area contributed by atoms with E-state index in [0.717, 1.165) is 47.4 Å². The normalized spacial score (nSPS) is 15.2. The van der Waals surface area contributed by atoms with Gasteiger partial charge >= 0.3 is 0 Å². The van der Waals surface area contributed by atoms with Crippen molar-refractivity contribution >= 4 is 34.0 Å². The summed E-state index contributed by atoms with van der Waals surface area (Å²) in [5.74, 6) is 3.75. The van der Waals surface area contributed by atoms with Gasteiger partial charge in [0.1, 0.15) is 5.75 Å². The second-order valence-corrected chi connectivity index (χ2v) is 10.2. The van der Waals surface area contributed by atoms with Crippen molar-refractivity contribution in [2.24, 2.45) is 5.92 Å². The number of piperidine rings is 1. The van der Waals surface area contributed by atoms with Crippen molar-refractivity contribution in [1.82, 2.24) is 25.4 Å². The van der Waals surface area contributed by atoms with E-state index in [1.807, 2.05) is 61.8 Å². The van der Waals surface area contributed by atoms with Gasteiger partial charge in [-0.1, -0.05) is 23.4 Å². The molecule has 3 aromatic heterocycles. The number of ether oxygens (including phenoxy) is 1. The molecule has 0 radical (unpaired) electrons. The first-order valence-corrected chi connectivity index (χ1v) is 13.0. The van der Waals surface area contributed by atoms with Gasteiger partial charge < -0.3 is 19.9 Å². The first-order chi connectivity index (χ1) is 16.6. The summed E-state index contributed by atoms with van der Waals surface area (Å²) in [5, 5.41) is 13.6. The molecule has 0 bridgehead atoms. The molecule has 2 N–H and O–H groups in total. The molecule has 176 valence electrons. The van der Waals surface area contributed by atoms with Gasteiger partial charge in [0.05, 0.1) is 10.9 Å². The highest BCUT2D eigenvalue weighted by Crippen LogP contribution is 2.45. The summed E-state index contributed by atoms with van der Waals surface area (Å²) in [4.78, 5) is 14.7. The lowest BCUT2D eigenvalue weighted by molar-refractivity contribution is 0.307. The number of thioether (sulfide) groups is 1. The number of aryl methyl sites for hydroxylation is 2. The third-order valence-corrected chi connectivity index (χ3v) is 7.72. The smallest absolute Gasteiger partial charge is 0.240 e. The van der Waals surface area contributed by atoms with Crippen LogP contribution in [0.15, 0.2) is 57.4 Å². The van der Waals surface area contributed by atoms with Crippen LogP contribution in [0.4, 0.5) is 10.9 Å². The number of para-hydroxylation sites is 1. The van der Waals surface area contributed by atoms with Gasteiger partial charge in [0.2, 0.25) is 5.89 Å². The number of rotatable bonds is 8. The van der Waals surface area contributed by atoms with Crippen molar-refractivity contribution in [3.8, 4) is 11.5 Å². The average molecular weight is 495 g/mol. The third-order valence-electron chi connectivity index (χ3n) is 5.50. The van der Waals surface area contributed by atoms with Crippen LogP contribution < -0.4 is 15.4 Å². The molecule has 4 aromatic rings. The topological polar surface area (TPSA) is 98.0 Å². The summed E-state index contributed by atoms with van der Waals surface area (Å²) in [6.07, 6.45) is 3.98. The van der Waals surface area contributed by atoms with Crippen LogP contribution in [0.1, 0.15) is 35.5 Å². The van der Waals surface area contributed by atoms with E-state index in [4.69, 9.17) is 14.2 Å². The summed E-state index contributed by atoms with van der Waals surface area (Å²) in [6.45, 7) is 5.80. The molecule has 0 spiro atoms. The summed E-state index contributed by atoms with van der Waals surface area (Å²) in [5.41, 5.74) is 0.963. The second-order valence-electron chi connectivity index (χ2n) is 8.16. The minimum absolute atomic E-state index is 0.0510. The number of nitrogens with zero attached hydrogens (tertiary/aromatic N) is 4. The van der Waals surface area contributed by atoms with Crippen LogP contribution in [-0.4, -0.2) is 33.2 Å². The van der Waals surface area contributed by atoms with Crippen LogP contribution in [0.25, 0.3) is 0 Å². The Balaban J connectivity index is 1.45. The van der Waals surface area contributed by atoms with E-state index < -0.39 is 0 Å². The zero-order valence-electron chi connectivity index (χ0n) is 19.0. The molecule has 1 saturated heterocycles. The second kappa shape index (κ2) is 10.5. The maximum Gasteiger partial charge on any atom is 0.240 e. The SMILES string of the molecule is Cc1csc(Nc2ncc(SC(c3nc(C)no3)C3CCNCC3)cc2Oc2ccccc2)n1. The van der Waals surface area contributed by atoms with E-state index in [2.05, 4.69) is 25.8 Å². The Morgan fingerprint density at radius 2 is 2.00 bits per heavy atom. The monoisotopic (exact) mass is 494 g/mol. The van der Waals surface area contributed by atoms with Gasteiger partial charge in [0.15, 0.2) is 22.5 Å². The highest BCUT2D eigenvalue weighted by atomic mass is 32.2. The van der Waals surface area contributed by atoms with Crippen LogP contribution in [0.2, 0.25) is 0 Å². The van der Waals surface area contributed by atoms with Gasteiger partial charge in [-0.25, -0.2) is 9.97 Å². The number of nitrogens with one attached hydrogen (secondary N) is 2. The minimum atomic E-state index is 0.0510. The van der Waals surface area contributed by atoms with E-state index in [-0.39, 0.29) is 5.25 Å². The lowest BCUT2D eigenvalue weighted by Gasteiger charge is -2.28. The fourth-order valence-electron chi connectivity index (χ4n) is 3.86. The molecule has 0 amide bonds. The van der Waals surface area contributed by atoms with Crippen LogP contribution in [0, 0.1) is 19.8 Å². The molecule has 1 aromatic carbocycles. The number of aromatic nitrogens is 4. The standard InChI is InChI=1S/C24H26N6O2S2/c1-15-14-33-24(27-15)29-22-20(31-18-6-4-3-5-7-18)12-19(13-26-22)34-21(17-8-10-25-11-9-17)23-28-16(2)30-32-23/h3-7,12-14,17,21,25H,8-11H2,1-2H3,(H,26,27,29). The predicted molar refractivity (Wildman–Crippen MR) is 134 cm³/mol. The van der Waals surface area contributed by atoms with E-state index in [1.165, 1.54) is 11.3 Å². The minimum Gasteiger partial charge on any atom is -0.453 e. The van der Waals surface area contributed by atoms with Crippen molar-refractivity contribution in [1.29, 1.82) is 0 Å². The highest BCUT2D eigenvalue weighted by molar-refractivity contribution is 7.99. The molecule has 1 aliphatic heterocycles. The van der Waals surface area contributed by atoms with Gasteiger partial charge in [-0.15, -0.1) is 23.1 Å².